The molecule has 2 rings (SSSR count). The van der Waals surface area contributed by atoms with E-state index in [9.17, 15) is 15.3 Å². The molecule has 1 aliphatic rings. The summed E-state index contributed by atoms with van der Waals surface area (Å²) in [4.78, 5) is 2.67. The maximum atomic E-state index is 10.0. The van der Waals surface area contributed by atoms with Crippen molar-refractivity contribution < 1.29 is 29.5 Å². The highest BCUT2D eigenvalue weighted by Gasteiger charge is 2.44. The van der Waals surface area contributed by atoms with E-state index < -0.39 is 37.3 Å². The number of unbranched alkanes of at least 4 members (excludes halogenated alkanes) is 3. The highest BCUT2D eigenvalue weighted by molar-refractivity contribution is 5.13. The first-order valence-corrected chi connectivity index (χ1v) is 9.57. The Morgan fingerprint density at radius 3 is 2.43 bits per heavy atom. The molecule has 1 fully saturated rings. The van der Waals surface area contributed by atoms with Gasteiger partial charge in [0.05, 0.1) is 19.3 Å². The first kappa shape index (κ1) is 22.6. The van der Waals surface area contributed by atoms with Crippen molar-refractivity contribution in [1.82, 2.24) is 0 Å². The molecule has 0 radical (unpaired) electrons. The fourth-order valence-electron chi connectivity index (χ4n) is 3.01. The fourth-order valence-corrected chi connectivity index (χ4v) is 3.01. The molecule has 9 heteroatoms. The highest BCUT2D eigenvalue weighted by Crippen LogP contribution is 2.24. The zero-order valence-corrected chi connectivity index (χ0v) is 15.8. The number of benzene rings is 1. The molecule has 28 heavy (non-hydrogen) atoms. The van der Waals surface area contributed by atoms with Crippen LogP contribution in [0, 0.1) is 0 Å². The van der Waals surface area contributed by atoms with Crippen molar-refractivity contribution >= 4 is 0 Å². The second-order valence-corrected chi connectivity index (χ2v) is 6.73. The standard InChI is InChI=1S/C19H29N3O6/c20-22-21-16-18(25)17(24)15(12-23)28-19(16)27-11-7-2-1-6-10-26-13-14-8-4-3-5-9-14/h3-5,8-9,15-19,23-25H,1-2,6-7,10-13H2. The van der Waals surface area contributed by atoms with E-state index in [4.69, 9.17) is 19.7 Å². The lowest BCUT2D eigenvalue weighted by Crippen LogP contribution is -2.58. The van der Waals surface area contributed by atoms with Gasteiger partial charge in [0, 0.05) is 18.1 Å². The summed E-state index contributed by atoms with van der Waals surface area (Å²) in [6, 6.07) is 8.96. The van der Waals surface area contributed by atoms with Crippen molar-refractivity contribution in [3.05, 3.63) is 46.3 Å². The van der Waals surface area contributed by atoms with Gasteiger partial charge in [0.2, 0.25) is 0 Å². The zero-order chi connectivity index (χ0) is 20.2. The van der Waals surface area contributed by atoms with Crippen LogP contribution in [0.15, 0.2) is 35.4 Å². The van der Waals surface area contributed by atoms with E-state index in [2.05, 4.69) is 10.0 Å². The smallest absolute Gasteiger partial charge is 0.169 e. The molecule has 1 aromatic carbocycles. The van der Waals surface area contributed by atoms with E-state index >= 15 is 0 Å². The Morgan fingerprint density at radius 2 is 1.75 bits per heavy atom. The lowest BCUT2D eigenvalue weighted by atomic mass is 9.98. The summed E-state index contributed by atoms with van der Waals surface area (Å²) >= 11 is 0. The number of azide groups is 1. The maximum absolute atomic E-state index is 10.0. The third kappa shape index (κ3) is 7.03. The molecule has 0 amide bonds. The summed E-state index contributed by atoms with van der Waals surface area (Å²) in [6.45, 7) is 1.20. The molecule has 0 spiro atoms. The van der Waals surface area contributed by atoms with Crippen LogP contribution in [-0.2, 0) is 20.8 Å². The summed E-state index contributed by atoms with van der Waals surface area (Å²) in [6.07, 6.45) is -1.03. The maximum Gasteiger partial charge on any atom is 0.169 e. The van der Waals surface area contributed by atoms with Gasteiger partial charge in [-0.3, -0.25) is 0 Å². The Kier molecular flexibility index (Phi) is 10.2. The number of aliphatic hydroxyl groups excluding tert-OH is 3. The van der Waals surface area contributed by atoms with Gasteiger partial charge in [0.25, 0.3) is 0 Å². The third-order valence-corrected chi connectivity index (χ3v) is 4.61. The largest absolute Gasteiger partial charge is 0.394 e. The molecule has 9 nitrogen and oxygen atoms in total. The molecule has 1 heterocycles. The first-order chi connectivity index (χ1) is 13.7. The van der Waals surface area contributed by atoms with E-state index in [1.807, 2.05) is 30.3 Å². The van der Waals surface area contributed by atoms with Gasteiger partial charge >= 0.3 is 0 Å². The van der Waals surface area contributed by atoms with Crippen molar-refractivity contribution in [3.63, 3.8) is 0 Å². The Labute approximate surface area is 164 Å². The fraction of sp³-hybridized carbons (Fsp3) is 0.684. The number of ether oxygens (including phenoxy) is 3. The average molecular weight is 395 g/mol. The topological polar surface area (TPSA) is 137 Å². The van der Waals surface area contributed by atoms with E-state index in [0.717, 1.165) is 31.2 Å². The number of rotatable bonds is 12. The molecule has 5 atom stereocenters. The molecular formula is C19H29N3O6. The second kappa shape index (κ2) is 12.7. The minimum Gasteiger partial charge on any atom is -0.394 e. The molecular weight excluding hydrogens is 366 g/mol. The average Bonchev–Trinajstić information content (AvgIpc) is 2.72. The monoisotopic (exact) mass is 395 g/mol. The quantitative estimate of drug-likeness (QED) is 0.214. The van der Waals surface area contributed by atoms with Gasteiger partial charge in [0.15, 0.2) is 6.29 Å². The number of hydrogen-bond acceptors (Lipinski definition) is 7. The van der Waals surface area contributed by atoms with Crippen LogP contribution in [0.5, 0.6) is 0 Å². The molecule has 3 N–H and O–H groups in total. The molecule has 1 aliphatic heterocycles. The van der Waals surface area contributed by atoms with Crippen LogP contribution in [-0.4, -0.2) is 65.8 Å². The highest BCUT2D eigenvalue weighted by atomic mass is 16.7. The minimum absolute atomic E-state index is 0.355. The third-order valence-electron chi connectivity index (χ3n) is 4.61. The SMILES string of the molecule is [N-]=[N+]=NC1C(OCCCCCCOCc2ccccc2)OC(CO)C(O)C1O. The van der Waals surface area contributed by atoms with Crippen LogP contribution in [0.25, 0.3) is 10.4 Å². The molecule has 0 bridgehead atoms. The van der Waals surface area contributed by atoms with Crippen molar-refractivity contribution in [2.24, 2.45) is 5.11 Å². The van der Waals surface area contributed by atoms with Gasteiger partial charge in [-0.25, -0.2) is 0 Å². The normalized spacial score (nSPS) is 27.3. The number of hydrogen-bond donors (Lipinski definition) is 3. The molecule has 5 unspecified atom stereocenters. The number of aliphatic hydroxyl groups is 3. The Bertz CT molecular complexity index is 599. The van der Waals surface area contributed by atoms with E-state index in [1.165, 1.54) is 0 Å². The summed E-state index contributed by atoms with van der Waals surface area (Å²) in [7, 11) is 0. The van der Waals surface area contributed by atoms with E-state index in [-0.39, 0.29) is 0 Å². The minimum atomic E-state index is -1.35. The van der Waals surface area contributed by atoms with Gasteiger partial charge in [-0.05, 0) is 23.9 Å². The van der Waals surface area contributed by atoms with Gasteiger partial charge < -0.3 is 29.5 Å². The molecule has 0 saturated carbocycles. The van der Waals surface area contributed by atoms with Gasteiger partial charge in [0.1, 0.15) is 18.2 Å². The lowest BCUT2D eigenvalue weighted by Gasteiger charge is -2.40. The summed E-state index contributed by atoms with van der Waals surface area (Å²) in [5.41, 5.74) is 9.80. The predicted octanol–water partition coefficient (Wildman–Crippen LogP) is 1.90. The van der Waals surface area contributed by atoms with Gasteiger partial charge in [-0.1, -0.05) is 48.3 Å². The molecule has 0 aliphatic carbocycles. The second-order valence-electron chi connectivity index (χ2n) is 6.73. The zero-order valence-electron chi connectivity index (χ0n) is 15.8. The van der Waals surface area contributed by atoms with Crippen molar-refractivity contribution in [1.29, 1.82) is 0 Å². The van der Waals surface area contributed by atoms with Gasteiger partial charge in [-0.2, -0.15) is 0 Å². The van der Waals surface area contributed by atoms with Gasteiger partial charge in [-0.15, -0.1) is 0 Å². The summed E-state index contributed by atoms with van der Waals surface area (Å²) in [5, 5.41) is 32.6. The Hall–Kier alpha value is -1.71. The molecule has 156 valence electrons. The molecule has 1 saturated heterocycles. The Balaban J connectivity index is 1.59. The van der Waals surface area contributed by atoms with Crippen molar-refractivity contribution in [3.8, 4) is 0 Å². The number of nitrogens with zero attached hydrogens (tertiary/aromatic N) is 3. The Morgan fingerprint density at radius 1 is 1.04 bits per heavy atom. The van der Waals surface area contributed by atoms with E-state index in [1.54, 1.807) is 0 Å². The summed E-state index contributed by atoms with van der Waals surface area (Å²) < 4.78 is 16.6. The van der Waals surface area contributed by atoms with Crippen molar-refractivity contribution in [2.45, 2.75) is 62.9 Å². The first-order valence-electron chi connectivity index (χ1n) is 9.57. The van der Waals surface area contributed by atoms with Crippen LogP contribution in [0.3, 0.4) is 0 Å². The van der Waals surface area contributed by atoms with Crippen LogP contribution < -0.4 is 0 Å². The van der Waals surface area contributed by atoms with E-state index in [0.29, 0.717) is 19.8 Å². The van der Waals surface area contributed by atoms with Crippen LogP contribution >= 0.6 is 0 Å². The predicted molar refractivity (Wildman–Crippen MR) is 101 cm³/mol. The van der Waals surface area contributed by atoms with Crippen LogP contribution in [0.4, 0.5) is 0 Å². The summed E-state index contributed by atoms with van der Waals surface area (Å²) in [5.74, 6) is 0. The van der Waals surface area contributed by atoms with Crippen LogP contribution in [0.2, 0.25) is 0 Å². The molecule has 0 aromatic heterocycles. The van der Waals surface area contributed by atoms with Crippen molar-refractivity contribution in [2.75, 3.05) is 19.8 Å². The van der Waals surface area contributed by atoms with Crippen LogP contribution in [0.1, 0.15) is 31.2 Å². The lowest BCUT2D eigenvalue weighted by molar-refractivity contribution is -0.265. The molecule has 1 aromatic rings.